The summed E-state index contributed by atoms with van der Waals surface area (Å²) < 4.78 is 0. The first-order chi connectivity index (χ1) is 10.5. The number of nitrogens with one attached hydrogen (secondary N) is 1. The normalized spacial score (nSPS) is 20.3. The van der Waals surface area contributed by atoms with Gasteiger partial charge in [-0.1, -0.05) is 11.6 Å². The molecule has 2 saturated heterocycles. The highest BCUT2D eigenvalue weighted by molar-refractivity contribution is 6.31. The molecule has 0 unspecified atom stereocenters. The Morgan fingerprint density at radius 1 is 1.32 bits per heavy atom. The van der Waals surface area contributed by atoms with E-state index in [1.807, 2.05) is 0 Å². The predicted molar refractivity (Wildman–Crippen MR) is 83.2 cm³/mol. The van der Waals surface area contributed by atoms with E-state index in [4.69, 9.17) is 11.6 Å². The first kappa shape index (κ1) is 15.2. The van der Waals surface area contributed by atoms with E-state index in [9.17, 15) is 14.9 Å². The molecule has 1 spiro atoms. The third kappa shape index (κ3) is 2.80. The van der Waals surface area contributed by atoms with E-state index in [0.717, 1.165) is 32.4 Å². The van der Waals surface area contributed by atoms with Crippen molar-refractivity contribution in [2.45, 2.75) is 19.3 Å². The van der Waals surface area contributed by atoms with Crippen molar-refractivity contribution >= 4 is 23.2 Å². The fourth-order valence-corrected chi connectivity index (χ4v) is 3.65. The van der Waals surface area contributed by atoms with Gasteiger partial charge in [-0.15, -0.1) is 0 Å². The molecule has 22 heavy (non-hydrogen) atoms. The highest BCUT2D eigenvalue weighted by Crippen LogP contribution is 2.39. The van der Waals surface area contributed by atoms with Gasteiger partial charge < -0.3 is 10.2 Å². The summed E-state index contributed by atoms with van der Waals surface area (Å²) in [5.74, 6) is -0.265. The molecule has 0 atom stereocenters. The fourth-order valence-electron chi connectivity index (χ4n) is 3.48. The summed E-state index contributed by atoms with van der Waals surface area (Å²) in [4.78, 5) is 25.0. The van der Waals surface area contributed by atoms with Crippen LogP contribution in [-0.4, -0.2) is 41.9 Å². The largest absolute Gasteiger partial charge is 0.338 e. The number of nitrogens with zero attached hydrogens (tertiary/aromatic N) is 2. The second-order valence-electron chi connectivity index (χ2n) is 6.15. The minimum atomic E-state index is -0.546. The summed E-state index contributed by atoms with van der Waals surface area (Å²) in [6.45, 7) is 3.30. The number of carbonyl (C=O) groups excluding carboxylic acids is 1. The number of likely N-dealkylation sites (tertiary alicyclic amines) is 1. The Morgan fingerprint density at radius 2 is 2.05 bits per heavy atom. The Labute approximate surface area is 133 Å². The molecule has 0 aliphatic carbocycles. The molecule has 1 aromatic rings. The minimum Gasteiger partial charge on any atom is -0.338 e. The maximum atomic E-state index is 12.7. The molecule has 1 amide bonds. The summed E-state index contributed by atoms with van der Waals surface area (Å²) in [6, 6.07) is 4.22. The number of hydrogen-bond donors (Lipinski definition) is 1. The van der Waals surface area contributed by atoms with E-state index in [-0.39, 0.29) is 27.6 Å². The summed E-state index contributed by atoms with van der Waals surface area (Å²) in [5.41, 5.74) is 0.0893. The van der Waals surface area contributed by atoms with Crippen molar-refractivity contribution in [3.8, 4) is 0 Å². The van der Waals surface area contributed by atoms with Gasteiger partial charge in [-0.25, -0.2) is 0 Å². The van der Waals surface area contributed by atoms with Crippen molar-refractivity contribution < 1.29 is 9.72 Å². The lowest BCUT2D eigenvalue weighted by molar-refractivity contribution is -0.385. The van der Waals surface area contributed by atoms with Crippen LogP contribution < -0.4 is 5.32 Å². The molecular weight excluding hydrogens is 306 g/mol. The number of carbonyl (C=O) groups is 1. The van der Waals surface area contributed by atoms with Crippen LogP contribution in [0.4, 0.5) is 5.69 Å². The Hall–Kier alpha value is -1.66. The lowest BCUT2D eigenvalue weighted by atomic mass is 9.78. The van der Waals surface area contributed by atoms with Crippen LogP contribution in [0.1, 0.15) is 29.6 Å². The molecule has 118 valence electrons. The van der Waals surface area contributed by atoms with Gasteiger partial charge in [0.1, 0.15) is 5.56 Å². The molecule has 2 aliphatic heterocycles. The van der Waals surface area contributed by atoms with E-state index in [1.54, 1.807) is 4.90 Å². The third-order valence-corrected chi connectivity index (χ3v) is 5.01. The second kappa shape index (κ2) is 5.85. The van der Waals surface area contributed by atoms with Crippen LogP contribution >= 0.6 is 11.6 Å². The highest BCUT2D eigenvalue weighted by Gasteiger charge is 2.41. The standard InChI is InChI=1S/C15H18ClN3O3/c16-11-1-2-12(13(9-11)19(21)22)14(20)18-8-5-15(10-18)3-6-17-7-4-15/h1-2,9,17H,3-8,10H2. The number of hydrogen-bond acceptors (Lipinski definition) is 4. The molecular formula is C15H18ClN3O3. The van der Waals surface area contributed by atoms with E-state index in [0.29, 0.717) is 13.1 Å². The van der Waals surface area contributed by atoms with Crippen molar-refractivity contribution in [3.63, 3.8) is 0 Å². The fraction of sp³-hybridized carbons (Fsp3) is 0.533. The molecule has 1 aromatic carbocycles. The zero-order valence-electron chi connectivity index (χ0n) is 12.2. The molecule has 0 radical (unpaired) electrons. The molecule has 2 fully saturated rings. The number of nitro benzene ring substituents is 1. The van der Waals surface area contributed by atoms with Gasteiger partial charge in [0.05, 0.1) is 4.92 Å². The number of piperidine rings is 1. The zero-order valence-corrected chi connectivity index (χ0v) is 12.9. The molecule has 0 bridgehead atoms. The van der Waals surface area contributed by atoms with Crippen LogP contribution in [0.25, 0.3) is 0 Å². The highest BCUT2D eigenvalue weighted by atomic mass is 35.5. The molecule has 1 N–H and O–H groups in total. The van der Waals surface area contributed by atoms with Gasteiger partial charge in [-0.3, -0.25) is 14.9 Å². The predicted octanol–water partition coefficient (Wildman–Crippen LogP) is 2.46. The first-order valence-corrected chi connectivity index (χ1v) is 7.83. The number of halogens is 1. The molecule has 3 rings (SSSR count). The molecule has 2 aliphatic rings. The quantitative estimate of drug-likeness (QED) is 0.670. The van der Waals surface area contributed by atoms with Gasteiger partial charge in [0, 0.05) is 24.2 Å². The van der Waals surface area contributed by atoms with Gasteiger partial charge in [0.2, 0.25) is 0 Å². The van der Waals surface area contributed by atoms with Crippen molar-refractivity contribution in [3.05, 3.63) is 38.9 Å². The molecule has 7 heteroatoms. The monoisotopic (exact) mass is 323 g/mol. The van der Waals surface area contributed by atoms with Gasteiger partial charge in [-0.2, -0.15) is 0 Å². The molecule has 0 saturated carbocycles. The van der Waals surface area contributed by atoms with Crippen molar-refractivity contribution in [1.82, 2.24) is 10.2 Å². The Kier molecular flexibility index (Phi) is 4.06. The number of benzene rings is 1. The number of amides is 1. The smallest absolute Gasteiger partial charge is 0.283 e. The number of nitro groups is 1. The van der Waals surface area contributed by atoms with Crippen LogP contribution in [0, 0.1) is 15.5 Å². The lowest BCUT2D eigenvalue weighted by Gasteiger charge is -2.33. The Bertz CT molecular complexity index is 614. The molecule has 2 heterocycles. The summed E-state index contributed by atoms with van der Waals surface area (Å²) >= 11 is 5.81. The topological polar surface area (TPSA) is 75.5 Å². The zero-order chi connectivity index (χ0) is 15.7. The SMILES string of the molecule is O=C(c1ccc(Cl)cc1[N+](=O)[O-])N1CCC2(CCNCC2)C1. The van der Waals surface area contributed by atoms with Crippen LogP contribution in [0.2, 0.25) is 5.02 Å². The van der Waals surface area contributed by atoms with Crippen LogP contribution in [-0.2, 0) is 0 Å². The lowest BCUT2D eigenvalue weighted by Crippen LogP contribution is -2.39. The summed E-state index contributed by atoms with van der Waals surface area (Å²) in [5, 5.41) is 14.8. The van der Waals surface area contributed by atoms with E-state index < -0.39 is 4.92 Å². The van der Waals surface area contributed by atoms with Crippen molar-refractivity contribution in [1.29, 1.82) is 0 Å². The average molecular weight is 324 g/mol. The maximum Gasteiger partial charge on any atom is 0.283 e. The maximum absolute atomic E-state index is 12.7. The van der Waals surface area contributed by atoms with Crippen LogP contribution in [0.3, 0.4) is 0 Å². The second-order valence-corrected chi connectivity index (χ2v) is 6.58. The van der Waals surface area contributed by atoms with Gasteiger partial charge in [0.25, 0.3) is 11.6 Å². The first-order valence-electron chi connectivity index (χ1n) is 7.45. The van der Waals surface area contributed by atoms with Crippen molar-refractivity contribution in [2.75, 3.05) is 26.2 Å². The van der Waals surface area contributed by atoms with E-state index in [2.05, 4.69) is 5.32 Å². The third-order valence-electron chi connectivity index (χ3n) is 4.78. The number of rotatable bonds is 2. The summed E-state index contributed by atoms with van der Waals surface area (Å²) in [6.07, 6.45) is 3.08. The van der Waals surface area contributed by atoms with E-state index >= 15 is 0 Å². The van der Waals surface area contributed by atoms with Gasteiger partial charge in [-0.05, 0) is 49.9 Å². The Morgan fingerprint density at radius 3 is 2.73 bits per heavy atom. The van der Waals surface area contributed by atoms with Gasteiger partial charge >= 0.3 is 0 Å². The van der Waals surface area contributed by atoms with Crippen LogP contribution in [0.5, 0.6) is 0 Å². The molecule has 6 nitrogen and oxygen atoms in total. The van der Waals surface area contributed by atoms with Gasteiger partial charge in [0.15, 0.2) is 0 Å². The van der Waals surface area contributed by atoms with E-state index in [1.165, 1.54) is 18.2 Å². The summed E-state index contributed by atoms with van der Waals surface area (Å²) in [7, 11) is 0. The molecule has 0 aromatic heterocycles. The van der Waals surface area contributed by atoms with Crippen LogP contribution in [0.15, 0.2) is 18.2 Å². The average Bonchev–Trinajstić information content (AvgIpc) is 2.91. The minimum absolute atomic E-state index is 0.125. The van der Waals surface area contributed by atoms with Crippen molar-refractivity contribution in [2.24, 2.45) is 5.41 Å². The Balaban J connectivity index is 1.82.